The monoisotopic (exact) mass is 354 g/mol. The van der Waals surface area contributed by atoms with Gasteiger partial charge in [0.1, 0.15) is 11.6 Å². The average molecular weight is 354 g/mol. The Hall–Kier alpha value is -3.09. The van der Waals surface area contributed by atoms with Crippen molar-refractivity contribution < 1.29 is 14.3 Å². The van der Waals surface area contributed by atoms with E-state index >= 15 is 0 Å². The summed E-state index contributed by atoms with van der Waals surface area (Å²) < 4.78 is 5.43. The summed E-state index contributed by atoms with van der Waals surface area (Å²) in [5, 5.41) is 3.20. The van der Waals surface area contributed by atoms with Crippen LogP contribution in [0.2, 0.25) is 0 Å². The molecular formula is C19H22N4O3. The van der Waals surface area contributed by atoms with Crippen molar-refractivity contribution in [1.82, 2.24) is 14.8 Å². The number of nitrogens with one attached hydrogen (secondary N) is 1. The predicted octanol–water partition coefficient (Wildman–Crippen LogP) is 2.14. The Bertz CT molecular complexity index is 756. The van der Waals surface area contributed by atoms with Gasteiger partial charge in [0.05, 0.1) is 6.61 Å². The summed E-state index contributed by atoms with van der Waals surface area (Å²) in [5.41, 5.74) is 1.44. The van der Waals surface area contributed by atoms with Crippen LogP contribution in [0, 0.1) is 0 Å². The highest BCUT2D eigenvalue weighted by atomic mass is 16.5. The van der Waals surface area contributed by atoms with Crippen LogP contribution in [0.3, 0.4) is 0 Å². The molecular weight excluding hydrogens is 332 g/mol. The second kappa shape index (κ2) is 8.33. The lowest BCUT2D eigenvalue weighted by Gasteiger charge is -2.32. The fraction of sp³-hybridized carbons (Fsp3) is 0.316. The third kappa shape index (κ3) is 4.30. The minimum Gasteiger partial charge on any atom is -0.494 e. The number of pyridine rings is 1. The number of rotatable bonds is 6. The molecule has 136 valence electrons. The van der Waals surface area contributed by atoms with Gasteiger partial charge in [-0.2, -0.15) is 0 Å². The first kappa shape index (κ1) is 17.7. The molecule has 2 heterocycles. The van der Waals surface area contributed by atoms with Gasteiger partial charge in [0.25, 0.3) is 5.91 Å². The van der Waals surface area contributed by atoms with E-state index in [-0.39, 0.29) is 5.91 Å². The molecule has 1 fully saturated rings. The zero-order chi connectivity index (χ0) is 18.4. The molecule has 0 atom stereocenters. The zero-order valence-corrected chi connectivity index (χ0v) is 14.7. The van der Waals surface area contributed by atoms with E-state index < -0.39 is 0 Å². The summed E-state index contributed by atoms with van der Waals surface area (Å²) >= 11 is 0. The summed E-state index contributed by atoms with van der Waals surface area (Å²) in [6.07, 6.45) is 2.44. The van der Waals surface area contributed by atoms with E-state index in [9.17, 15) is 9.59 Å². The Morgan fingerprint density at radius 3 is 2.58 bits per heavy atom. The highest BCUT2D eigenvalue weighted by molar-refractivity contribution is 5.95. The number of nitrogens with zero attached hydrogens (tertiary/aromatic N) is 3. The molecule has 1 aromatic carbocycles. The number of aromatic nitrogens is 1. The van der Waals surface area contributed by atoms with Crippen molar-refractivity contribution in [2.24, 2.45) is 0 Å². The van der Waals surface area contributed by atoms with Crippen molar-refractivity contribution in [2.75, 3.05) is 38.1 Å². The van der Waals surface area contributed by atoms with E-state index in [0.717, 1.165) is 17.8 Å². The maximum atomic E-state index is 12.7. The molecule has 3 rings (SSSR count). The van der Waals surface area contributed by atoms with Crippen LogP contribution < -0.4 is 10.1 Å². The van der Waals surface area contributed by atoms with E-state index in [4.69, 9.17) is 4.74 Å². The van der Waals surface area contributed by atoms with Gasteiger partial charge in [-0.25, -0.2) is 4.98 Å². The first-order valence-electron chi connectivity index (χ1n) is 8.64. The third-order valence-corrected chi connectivity index (χ3v) is 4.20. The fourth-order valence-corrected chi connectivity index (χ4v) is 2.79. The molecule has 1 saturated heterocycles. The van der Waals surface area contributed by atoms with E-state index in [1.807, 2.05) is 31.2 Å². The van der Waals surface area contributed by atoms with E-state index in [1.165, 1.54) is 0 Å². The van der Waals surface area contributed by atoms with Crippen LogP contribution in [0.5, 0.6) is 5.75 Å². The molecule has 0 bridgehead atoms. The summed E-state index contributed by atoms with van der Waals surface area (Å²) in [4.78, 5) is 31.2. The van der Waals surface area contributed by atoms with Crippen molar-refractivity contribution in [3.63, 3.8) is 0 Å². The van der Waals surface area contributed by atoms with Gasteiger partial charge in [0.15, 0.2) is 0 Å². The second-order valence-corrected chi connectivity index (χ2v) is 5.95. The Morgan fingerprint density at radius 1 is 1.19 bits per heavy atom. The Balaban J connectivity index is 1.66. The summed E-state index contributed by atoms with van der Waals surface area (Å²) in [5.74, 6) is 1.36. The lowest BCUT2D eigenvalue weighted by Crippen LogP contribution is -2.48. The fourth-order valence-electron chi connectivity index (χ4n) is 2.79. The molecule has 2 amide bonds. The summed E-state index contributed by atoms with van der Waals surface area (Å²) in [6.45, 7) is 4.79. The molecule has 0 spiro atoms. The first-order chi connectivity index (χ1) is 12.7. The van der Waals surface area contributed by atoms with E-state index in [0.29, 0.717) is 44.2 Å². The minimum atomic E-state index is -0.0484. The number of carbonyl (C=O) groups is 2. The van der Waals surface area contributed by atoms with Crippen molar-refractivity contribution in [1.29, 1.82) is 0 Å². The average Bonchev–Trinajstić information content (AvgIpc) is 2.69. The third-order valence-electron chi connectivity index (χ3n) is 4.20. The Labute approximate surface area is 152 Å². The van der Waals surface area contributed by atoms with Crippen LogP contribution in [-0.4, -0.2) is 59.9 Å². The maximum Gasteiger partial charge on any atom is 0.254 e. The zero-order valence-electron chi connectivity index (χ0n) is 14.7. The number of carbonyl (C=O) groups excluding carboxylic acids is 2. The SMILES string of the molecule is CCOc1ccc(Nc2cc(C(=O)N3CCN(C=O)CC3)ccn2)cc1. The molecule has 1 aliphatic heterocycles. The molecule has 0 aliphatic carbocycles. The van der Waals surface area contributed by atoms with Crippen LogP contribution >= 0.6 is 0 Å². The smallest absolute Gasteiger partial charge is 0.254 e. The van der Waals surface area contributed by atoms with Crippen LogP contribution in [0.25, 0.3) is 0 Å². The van der Waals surface area contributed by atoms with Gasteiger partial charge < -0.3 is 19.9 Å². The summed E-state index contributed by atoms with van der Waals surface area (Å²) in [6, 6.07) is 11.0. The molecule has 1 N–H and O–H groups in total. The number of ether oxygens (including phenoxy) is 1. The highest BCUT2D eigenvalue weighted by Gasteiger charge is 2.21. The number of hydrogen-bond donors (Lipinski definition) is 1. The molecule has 1 aliphatic rings. The molecule has 7 nitrogen and oxygen atoms in total. The van der Waals surface area contributed by atoms with Crippen molar-refractivity contribution >= 4 is 23.8 Å². The van der Waals surface area contributed by atoms with Crippen molar-refractivity contribution in [3.8, 4) is 5.75 Å². The quantitative estimate of drug-likeness (QED) is 0.805. The van der Waals surface area contributed by atoms with Crippen LogP contribution in [0.1, 0.15) is 17.3 Å². The molecule has 0 radical (unpaired) electrons. The predicted molar refractivity (Wildman–Crippen MR) is 98.7 cm³/mol. The van der Waals surface area contributed by atoms with E-state index in [1.54, 1.807) is 28.1 Å². The van der Waals surface area contributed by atoms with Gasteiger partial charge in [-0.1, -0.05) is 0 Å². The largest absolute Gasteiger partial charge is 0.494 e. The van der Waals surface area contributed by atoms with Crippen LogP contribution in [0.4, 0.5) is 11.5 Å². The van der Waals surface area contributed by atoms with Gasteiger partial charge >= 0.3 is 0 Å². The molecule has 0 saturated carbocycles. The second-order valence-electron chi connectivity index (χ2n) is 5.95. The van der Waals surface area contributed by atoms with Crippen molar-refractivity contribution in [3.05, 3.63) is 48.2 Å². The standard InChI is InChI=1S/C19H22N4O3/c1-2-26-17-5-3-16(4-6-17)21-18-13-15(7-8-20-18)19(25)23-11-9-22(14-24)10-12-23/h3-8,13-14H,2,9-12H2,1H3,(H,20,21). The highest BCUT2D eigenvalue weighted by Crippen LogP contribution is 2.20. The number of piperazine rings is 1. The number of anilines is 2. The topological polar surface area (TPSA) is 74.8 Å². The van der Waals surface area contributed by atoms with Gasteiger partial charge in [-0.15, -0.1) is 0 Å². The lowest BCUT2D eigenvalue weighted by atomic mass is 10.2. The minimum absolute atomic E-state index is 0.0484. The first-order valence-corrected chi connectivity index (χ1v) is 8.64. The molecule has 0 unspecified atom stereocenters. The number of amides is 2. The molecule has 7 heteroatoms. The molecule has 1 aromatic heterocycles. The molecule has 26 heavy (non-hydrogen) atoms. The van der Waals surface area contributed by atoms with Gasteiger partial charge in [-0.05, 0) is 43.3 Å². The Morgan fingerprint density at radius 2 is 1.92 bits per heavy atom. The van der Waals surface area contributed by atoms with E-state index in [2.05, 4.69) is 10.3 Å². The Kier molecular flexibility index (Phi) is 5.68. The lowest BCUT2D eigenvalue weighted by molar-refractivity contribution is -0.119. The van der Waals surface area contributed by atoms with Gasteiger partial charge in [0.2, 0.25) is 6.41 Å². The summed E-state index contributed by atoms with van der Waals surface area (Å²) in [7, 11) is 0. The number of benzene rings is 1. The maximum absolute atomic E-state index is 12.7. The molecule has 2 aromatic rings. The van der Waals surface area contributed by atoms with Crippen LogP contribution in [0.15, 0.2) is 42.6 Å². The van der Waals surface area contributed by atoms with Crippen LogP contribution in [-0.2, 0) is 4.79 Å². The normalized spacial score (nSPS) is 14.0. The van der Waals surface area contributed by atoms with Gasteiger partial charge in [0, 0.05) is 43.6 Å². The van der Waals surface area contributed by atoms with Crippen molar-refractivity contribution in [2.45, 2.75) is 6.92 Å². The van der Waals surface area contributed by atoms with Gasteiger partial charge in [-0.3, -0.25) is 9.59 Å². The number of hydrogen-bond acceptors (Lipinski definition) is 5.